The second kappa shape index (κ2) is 6.90. The highest BCUT2D eigenvalue weighted by molar-refractivity contribution is 5.90. The predicted octanol–water partition coefficient (Wildman–Crippen LogP) is 2.32. The standard InChI is InChI=1S/C23H22N2O6/c1-3-23(29)16-8-18-19-13(9-25(18)21(27)15(16)11-31-22(23)28)7-14-17(24-19)6-5-12(20(14)26)10-30-4-2/h5-8,26,29H,3-4,9-11H2,1-2H3/t23-/m0/s1. The average Bonchev–Trinajstić information content (AvgIpc) is 3.13. The molecule has 1 atom stereocenters. The molecule has 31 heavy (non-hydrogen) atoms. The Labute approximate surface area is 177 Å². The van der Waals surface area contributed by atoms with Crippen LogP contribution in [0.2, 0.25) is 0 Å². The summed E-state index contributed by atoms with van der Waals surface area (Å²) in [5.74, 6) is -0.633. The van der Waals surface area contributed by atoms with Crippen molar-refractivity contribution in [2.24, 2.45) is 0 Å². The lowest BCUT2D eigenvalue weighted by Crippen LogP contribution is -2.44. The molecule has 5 rings (SSSR count). The van der Waals surface area contributed by atoms with E-state index in [4.69, 9.17) is 14.5 Å². The maximum atomic E-state index is 13.2. The van der Waals surface area contributed by atoms with E-state index in [1.165, 1.54) is 0 Å². The smallest absolute Gasteiger partial charge is 0.343 e. The molecule has 0 saturated heterocycles. The van der Waals surface area contributed by atoms with Crippen LogP contribution in [0.1, 0.15) is 42.5 Å². The van der Waals surface area contributed by atoms with Gasteiger partial charge in [-0.3, -0.25) is 4.79 Å². The summed E-state index contributed by atoms with van der Waals surface area (Å²) >= 11 is 0. The Morgan fingerprint density at radius 1 is 1.26 bits per heavy atom. The molecule has 4 heterocycles. The van der Waals surface area contributed by atoms with Gasteiger partial charge in [-0.05, 0) is 31.5 Å². The molecule has 0 saturated carbocycles. The minimum atomic E-state index is -1.85. The molecule has 2 N–H and O–H groups in total. The lowest BCUT2D eigenvalue weighted by Gasteiger charge is -2.31. The molecule has 2 aliphatic heterocycles. The highest BCUT2D eigenvalue weighted by atomic mass is 16.6. The summed E-state index contributed by atoms with van der Waals surface area (Å²) in [4.78, 5) is 30.1. The highest BCUT2D eigenvalue weighted by Crippen LogP contribution is 2.40. The van der Waals surface area contributed by atoms with E-state index in [9.17, 15) is 19.8 Å². The molecule has 160 valence electrons. The van der Waals surface area contributed by atoms with Crippen molar-refractivity contribution in [3.05, 3.63) is 56.9 Å². The lowest BCUT2D eigenvalue weighted by atomic mass is 9.86. The summed E-state index contributed by atoms with van der Waals surface area (Å²) < 4.78 is 12.1. The van der Waals surface area contributed by atoms with E-state index in [1.807, 2.05) is 19.1 Å². The van der Waals surface area contributed by atoms with Crippen molar-refractivity contribution in [1.29, 1.82) is 0 Å². The molecule has 3 aromatic rings. The number of ether oxygens (including phenoxy) is 2. The van der Waals surface area contributed by atoms with E-state index in [-0.39, 0.29) is 42.0 Å². The molecule has 8 heteroatoms. The number of aromatic nitrogens is 2. The zero-order valence-electron chi connectivity index (χ0n) is 17.3. The van der Waals surface area contributed by atoms with Crippen LogP contribution in [-0.2, 0) is 39.6 Å². The third-order valence-corrected chi connectivity index (χ3v) is 6.21. The van der Waals surface area contributed by atoms with E-state index in [1.54, 1.807) is 23.6 Å². The number of benzene rings is 1. The normalized spacial score (nSPS) is 19.1. The second-order valence-corrected chi connectivity index (χ2v) is 7.88. The fourth-order valence-electron chi connectivity index (χ4n) is 4.41. The number of hydrogen-bond donors (Lipinski definition) is 2. The van der Waals surface area contributed by atoms with Crippen molar-refractivity contribution in [3.8, 4) is 17.1 Å². The van der Waals surface area contributed by atoms with E-state index in [0.717, 1.165) is 5.56 Å². The van der Waals surface area contributed by atoms with Gasteiger partial charge in [0.05, 0.1) is 35.6 Å². The topological polar surface area (TPSA) is 111 Å². The summed E-state index contributed by atoms with van der Waals surface area (Å²) in [5.41, 5.74) is 1.58. The first kappa shape index (κ1) is 19.7. The van der Waals surface area contributed by atoms with Gasteiger partial charge < -0.3 is 24.3 Å². The van der Waals surface area contributed by atoms with Crippen LogP contribution in [0, 0.1) is 0 Å². The summed E-state index contributed by atoms with van der Waals surface area (Å²) in [5, 5.41) is 22.2. The number of rotatable bonds is 4. The van der Waals surface area contributed by atoms with Crippen molar-refractivity contribution in [2.75, 3.05) is 6.61 Å². The van der Waals surface area contributed by atoms with E-state index in [0.29, 0.717) is 41.1 Å². The molecule has 2 aromatic heterocycles. The Balaban J connectivity index is 1.70. The number of hydrogen-bond acceptors (Lipinski definition) is 7. The van der Waals surface area contributed by atoms with Crippen LogP contribution in [-0.4, -0.2) is 32.3 Å². The molecule has 0 spiro atoms. The van der Waals surface area contributed by atoms with Crippen LogP contribution in [0.15, 0.2) is 29.1 Å². The molecular weight excluding hydrogens is 400 g/mol. The third kappa shape index (κ3) is 2.72. The van der Waals surface area contributed by atoms with Crippen LogP contribution in [0.3, 0.4) is 0 Å². The fraction of sp³-hybridized carbons (Fsp3) is 0.348. The van der Waals surface area contributed by atoms with Gasteiger partial charge in [-0.1, -0.05) is 13.0 Å². The lowest BCUT2D eigenvalue weighted by molar-refractivity contribution is -0.172. The van der Waals surface area contributed by atoms with Gasteiger partial charge in [-0.15, -0.1) is 0 Å². The van der Waals surface area contributed by atoms with Crippen molar-refractivity contribution < 1.29 is 24.5 Å². The molecular formula is C23H22N2O6. The van der Waals surface area contributed by atoms with Crippen molar-refractivity contribution in [3.63, 3.8) is 0 Å². The van der Waals surface area contributed by atoms with Crippen molar-refractivity contribution in [1.82, 2.24) is 9.55 Å². The Morgan fingerprint density at radius 3 is 2.81 bits per heavy atom. The first-order valence-electron chi connectivity index (χ1n) is 10.3. The number of aromatic hydroxyl groups is 1. The minimum absolute atomic E-state index is 0.0935. The first-order valence-corrected chi connectivity index (χ1v) is 10.3. The Hall–Kier alpha value is -3.23. The number of carbonyl (C=O) groups is 1. The number of nitrogens with zero attached hydrogens (tertiary/aromatic N) is 2. The van der Waals surface area contributed by atoms with E-state index in [2.05, 4.69) is 0 Å². The number of aliphatic hydroxyl groups is 1. The van der Waals surface area contributed by atoms with Gasteiger partial charge in [0.25, 0.3) is 5.56 Å². The number of esters is 1. The molecule has 0 unspecified atom stereocenters. The molecule has 2 aliphatic rings. The van der Waals surface area contributed by atoms with Crippen LogP contribution in [0.25, 0.3) is 22.3 Å². The number of pyridine rings is 2. The summed E-state index contributed by atoms with van der Waals surface area (Å²) in [7, 11) is 0. The summed E-state index contributed by atoms with van der Waals surface area (Å²) in [6.45, 7) is 4.52. The monoisotopic (exact) mass is 422 g/mol. The molecule has 0 amide bonds. The number of phenolic OH excluding ortho intramolecular Hbond substituents is 1. The maximum absolute atomic E-state index is 13.2. The van der Waals surface area contributed by atoms with Gasteiger partial charge in [-0.25, -0.2) is 9.78 Å². The Morgan fingerprint density at radius 2 is 2.06 bits per heavy atom. The minimum Gasteiger partial charge on any atom is -0.507 e. The van der Waals surface area contributed by atoms with Crippen LogP contribution < -0.4 is 5.56 Å². The number of fused-ring (bicyclic) bond motifs is 5. The van der Waals surface area contributed by atoms with Gasteiger partial charge >= 0.3 is 5.97 Å². The summed E-state index contributed by atoms with van der Waals surface area (Å²) in [6, 6.07) is 7.09. The van der Waals surface area contributed by atoms with Gasteiger partial charge in [0.2, 0.25) is 0 Å². The number of cyclic esters (lactones) is 1. The fourth-order valence-corrected chi connectivity index (χ4v) is 4.41. The second-order valence-electron chi connectivity index (χ2n) is 7.88. The Bertz CT molecular complexity index is 1310. The maximum Gasteiger partial charge on any atom is 0.343 e. The molecule has 0 fully saturated rings. The van der Waals surface area contributed by atoms with Crippen LogP contribution >= 0.6 is 0 Å². The zero-order chi connectivity index (χ0) is 21.9. The molecule has 0 aliphatic carbocycles. The van der Waals surface area contributed by atoms with Crippen molar-refractivity contribution >= 4 is 16.9 Å². The predicted molar refractivity (Wildman–Crippen MR) is 112 cm³/mol. The van der Waals surface area contributed by atoms with Crippen LogP contribution in [0.4, 0.5) is 0 Å². The Kier molecular flexibility index (Phi) is 4.39. The summed E-state index contributed by atoms with van der Waals surface area (Å²) in [6.07, 6.45) is 0.0935. The SMILES string of the molecule is CCOCc1ccc2nc3c(cc2c1O)Cn1c-3cc2c(c1=O)COC(=O)[C@]2(O)CC. The molecule has 0 radical (unpaired) electrons. The number of phenols is 1. The van der Waals surface area contributed by atoms with Crippen molar-refractivity contribution in [2.45, 2.75) is 45.6 Å². The van der Waals surface area contributed by atoms with Gasteiger partial charge in [0.15, 0.2) is 5.60 Å². The molecule has 8 nitrogen and oxygen atoms in total. The first-order chi connectivity index (χ1) is 14.9. The molecule has 0 bridgehead atoms. The largest absolute Gasteiger partial charge is 0.507 e. The zero-order valence-corrected chi connectivity index (χ0v) is 17.3. The van der Waals surface area contributed by atoms with Gasteiger partial charge in [0, 0.05) is 28.7 Å². The number of carbonyl (C=O) groups excluding carboxylic acids is 1. The third-order valence-electron chi connectivity index (χ3n) is 6.21. The van der Waals surface area contributed by atoms with E-state index >= 15 is 0 Å². The van der Waals surface area contributed by atoms with Gasteiger partial charge in [-0.2, -0.15) is 0 Å². The molecule has 1 aromatic carbocycles. The quantitative estimate of drug-likeness (QED) is 0.486. The highest BCUT2D eigenvalue weighted by Gasteiger charge is 2.45. The van der Waals surface area contributed by atoms with Crippen LogP contribution in [0.5, 0.6) is 5.75 Å². The van der Waals surface area contributed by atoms with E-state index < -0.39 is 11.6 Å². The average molecular weight is 422 g/mol. The van der Waals surface area contributed by atoms with Gasteiger partial charge in [0.1, 0.15) is 12.4 Å².